The van der Waals surface area contributed by atoms with Gasteiger partial charge in [-0.3, -0.25) is 4.79 Å². The molecule has 0 bridgehead atoms. The van der Waals surface area contributed by atoms with Gasteiger partial charge in [0, 0.05) is 57.1 Å². The predicted molar refractivity (Wildman–Crippen MR) is 89.4 cm³/mol. The molecule has 2 saturated heterocycles. The summed E-state index contributed by atoms with van der Waals surface area (Å²) < 4.78 is 7.92. The molecule has 1 aromatic rings. The Labute approximate surface area is 139 Å². The van der Waals surface area contributed by atoms with Gasteiger partial charge < -0.3 is 14.2 Å². The van der Waals surface area contributed by atoms with Crippen molar-refractivity contribution in [1.82, 2.24) is 14.5 Å². The molecule has 0 saturated carbocycles. The Balaban J connectivity index is 1.62. The Bertz CT molecular complexity index is 526. The van der Waals surface area contributed by atoms with E-state index in [0.717, 1.165) is 58.5 Å². The molecule has 0 N–H and O–H groups in total. The third-order valence-electron chi connectivity index (χ3n) is 5.38. The Kier molecular flexibility index (Phi) is 5.36. The Morgan fingerprint density at radius 1 is 1.26 bits per heavy atom. The van der Waals surface area contributed by atoms with E-state index in [9.17, 15) is 4.79 Å². The molecule has 2 aliphatic heterocycles. The van der Waals surface area contributed by atoms with E-state index in [1.807, 2.05) is 18.0 Å². The van der Waals surface area contributed by atoms with E-state index in [2.05, 4.69) is 11.5 Å². The third kappa shape index (κ3) is 3.77. The summed E-state index contributed by atoms with van der Waals surface area (Å²) in [7, 11) is 0. The number of piperidine rings is 1. The van der Waals surface area contributed by atoms with Crippen LogP contribution in [-0.2, 0) is 16.1 Å². The number of carbonyl (C=O) groups is 1. The summed E-state index contributed by atoms with van der Waals surface area (Å²) in [6.07, 6.45) is 7.02. The lowest BCUT2D eigenvalue weighted by Gasteiger charge is -2.33. The zero-order valence-corrected chi connectivity index (χ0v) is 14.5. The van der Waals surface area contributed by atoms with Gasteiger partial charge in [0.25, 0.3) is 0 Å². The number of aryl methyl sites for hydroxylation is 1. The number of nitrogens with zero attached hydrogens (tertiary/aromatic N) is 3. The maximum Gasteiger partial charge on any atom is 0.222 e. The lowest BCUT2D eigenvalue weighted by Crippen LogP contribution is -2.39. The minimum absolute atomic E-state index is 0.296. The highest BCUT2D eigenvalue weighted by molar-refractivity contribution is 5.75. The van der Waals surface area contributed by atoms with Crippen molar-refractivity contribution in [3.05, 3.63) is 17.7 Å². The second-order valence-corrected chi connectivity index (χ2v) is 6.93. The maximum atomic E-state index is 11.8. The Morgan fingerprint density at radius 3 is 2.61 bits per heavy atom. The zero-order valence-electron chi connectivity index (χ0n) is 14.5. The minimum atomic E-state index is 0.296. The van der Waals surface area contributed by atoms with Crippen molar-refractivity contribution >= 4 is 5.91 Å². The first-order chi connectivity index (χ1) is 11.2. The number of rotatable bonds is 4. The minimum Gasteiger partial charge on any atom is -0.381 e. The van der Waals surface area contributed by atoms with Gasteiger partial charge in [0.2, 0.25) is 5.91 Å². The van der Waals surface area contributed by atoms with Gasteiger partial charge in [0.15, 0.2) is 0 Å². The van der Waals surface area contributed by atoms with Crippen LogP contribution in [0.2, 0.25) is 0 Å². The zero-order chi connectivity index (χ0) is 16.2. The molecule has 1 aromatic heterocycles. The number of amides is 1. The van der Waals surface area contributed by atoms with Crippen LogP contribution in [0.5, 0.6) is 0 Å². The van der Waals surface area contributed by atoms with Crippen molar-refractivity contribution in [2.45, 2.75) is 58.4 Å². The first-order valence-electron chi connectivity index (χ1n) is 9.06. The molecule has 23 heavy (non-hydrogen) atoms. The van der Waals surface area contributed by atoms with Crippen molar-refractivity contribution in [3.63, 3.8) is 0 Å². The lowest BCUT2D eigenvalue weighted by atomic mass is 9.95. The molecular formula is C18H29N3O2. The van der Waals surface area contributed by atoms with E-state index in [1.165, 1.54) is 11.5 Å². The number of hydrogen-bond donors (Lipinski definition) is 0. The number of hydrogen-bond acceptors (Lipinski definition) is 3. The number of carbonyl (C=O) groups excluding carboxylic acids is 1. The van der Waals surface area contributed by atoms with Crippen LogP contribution >= 0.6 is 0 Å². The summed E-state index contributed by atoms with van der Waals surface area (Å²) in [5.74, 6) is 2.74. The topological polar surface area (TPSA) is 47.4 Å². The van der Waals surface area contributed by atoms with Gasteiger partial charge in [0.05, 0.1) is 0 Å². The third-order valence-corrected chi connectivity index (χ3v) is 5.38. The number of imidazole rings is 1. The van der Waals surface area contributed by atoms with Crippen LogP contribution in [0.3, 0.4) is 0 Å². The average molecular weight is 319 g/mol. The number of aromatic nitrogens is 2. The van der Waals surface area contributed by atoms with Crippen molar-refractivity contribution in [2.24, 2.45) is 5.92 Å². The normalized spacial score (nSPS) is 20.9. The van der Waals surface area contributed by atoms with Crippen LogP contribution in [0.4, 0.5) is 0 Å². The molecule has 5 heteroatoms. The second kappa shape index (κ2) is 7.47. The average Bonchev–Trinajstić information content (AvgIpc) is 2.96. The second-order valence-electron chi connectivity index (χ2n) is 6.93. The fraction of sp³-hybridized carbons (Fsp3) is 0.778. The summed E-state index contributed by atoms with van der Waals surface area (Å²) in [5, 5.41) is 0. The van der Waals surface area contributed by atoms with Crippen LogP contribution in [0.15, 0.2) is 6.20 Å². The predicted octanol–water partition coefficient (Wildman–Crippen LogP) is 2.73. The molecule has 0 aromatic carbocycles. The summed E-state index contributed by atoms with van der Waals surface area (Å²) in [6.45, 7) is 8.69. The smallest absolute Gasteiger partial charge is 0.222 e. The highest BCUT2D eigenvalue weighted by Gasteiger charge is 2.26. The van der Waals surface area contributed by atoms with E-state index in [4.69, 9.17) is 9.72 Å². The van der Waals surface area contributed by atoms with Crippen LogP contribution in [0.1, 0.15) is 56.5 Å². The van der Waals surface area contributed by atoms with Crippen molar-refractivity contribution in [3.8, 4) is 0 Å². The summed E-state index contributed by atoms with van der Waals surface area (Å²) >= 11 is 0. The molecule has 5 nitrogen and oxygen atoms in total. The van der Waals surface area contributed by atoms with E-state index in [0.29, 0.717) is 24.2 Å². The van der Waals surface area contributed by atoms with Crippen molar-refractivity contribution in [1.29, 1.82) is 0 Å². The van der Waals surface area contributed by atoms with Crippen molar-refractivity contribution < 1.29 is 9.53 Å². The Hall–Kier alpha value is -1.36. The quantitative estimate of drug-likeness (QED) is 0.857. The van der Waals surface area contributed by atoms with Gasteiger partial charge in [-0.05, 0) is 38.5 Å². The van der Waals surface area contributed by atoms with Crippen LogP contribution in [0.25, 0.3) is 0 Å². The maximum absolute atomic E-state index is 11.8. The number of ether oxygens (including phenoxy) is 1. The first kappa shape index (κ1) is 16.5. The molecule has 3 rings (SSSR count). The molecule has 3 heterocycles. The first-order valence-corrected chi connectivity index (χ1v) is 9.06. The molecule has 0 aliphatic carbocycles. The molecule has 2 aliphatic rings. The molecule has 0 spiro atoms. The largest absolute Gasteiger partial charge is 0.381 e. The monoisotopic (exact) mass is 319 g/mol. The van der Waals surface area contributed by atoms with Gasteiger partial charge in [-0.2, -0.15) is 0 Å². The van der Waals surface area contributed by atoms with Crippen LogP contribution in [-0.4, -0.2) is 46.7 Å². The molecule has 0 radical (unpaired) electrons. The molecule has 2 fully saturated rings. The van der Waals surface area contributed by atoms with Crippen molar-refractivity contribution in [2.75, 3.05) is 26.3 Å². The molecule has 128 valence electrons. The van der Waals surface area contributed by atoms with E-state index in [-0.39, 0.29) is 0 Å². The molecule has 1 amide bonds. The van der Waals surface area contributed by atoms with Gasteiger partial charge >= 0.3 is 0 Å². The molecule has 0 atom stereocenters. The van der Waals surface area contributed by atoms with Gasteiger partial charge in [0.1, 0.15) is 5.82 Å². The van der Waals surface area contributed by atoms with Gasteiger partial charge in [-0.25, -0.2) is 4.98 Å². The van der Waals surface area contributed by atoms with Crippen LogP contribution < -0.4 is 0 Å². The summed E-state index contributed by atoms with van der Waals surface area (Å²) in [5.41, 5.74) is 1.26. The fourth-order valence-electron chi connectivity index (χ4n) is 3.85. The summed E-state index contributed by atoms with van der Waals surface area (Å²) in [6, 6.07) is 0. The lowest BCUT2D eigenvalue weighted by molar-refractivity contribution is -0.132. The van der Waals surface area contributed by atoms with E-state index >= 15 is 0 Å². The van der Waals surface area contributed by atoms with Gasteiger partial charge in [-0.15, -0.1) is 0 Å². The number of likely N-dealkylation sites (tertiary alicyclic amines) is 1. The van der Waals surface area contributed by atoms with E-state index in [1.54, 1.807) is 0 Å². The Morgan fingerprint density at radius 2 is 1.96 bits per heavy atom. The van der Waals surface area contributed by atoms with Gasteiger partial charge in [-0.1, -0.05) is 6.92 Å². The highest BCUT2D eigenvalue weighted by atomic mass is 16.5. The molecular weight excluding hydrogens is 290 g/mol. The summed E-state index contributed by atoms with van der Waals surface area (Å²) in [4.78, 5) is 18.5. The standard InChI is InChI=1S/C18H29N3O2/c1-3-17(22)20-8-4-15(5-9-20)13-21-14(2)12-19-18(21)16-6-10-23-11-7-16/h12,15-16H,3-11,13H2,1-2H3. The van der Waals surface area contributed by atoms with E-state index < -0.39 is 0 Å². The SMILES string of the molecule is CCC(=O)N1CCC(Cn2c(C)cnc2C2CCOCC2)CC1. The van der Waals surface area contributed by atoms with Crippen LogP contribution in [0, 0.1) is 12.8 Å². The fourth-order valence-corrected chi connectivity index (χ4v) is 3.85. The molecule has 0 unspecified atom stereocenters. The highest BCUT2D eigenvalue weighted by Crippen LogP contribution is 2.29.